The number of benzene rings is 1. The van der Waals surface area contributed by atoms with Gasteiger partial charge in [-0.1, -0.05) is 26.1 Å². The van der Waals surface area contributed by atoms with E-state index < -0.39 is 15.8 Å². The third kappa shape index (κ3) is 2.93. The van der Waals surface area contributed by atoms with Crippen molar-refractivity contribution in [3.63, 3.8) is 0 Å². The Balaban J connectivity index is 2.31. The Morgan fingerprint density at radius 2 is 2.11 bits per heavy atom. The lowest BCUT2D eigenvalue weighted by Crippen LogP contribution is -2.29. The summed E-state index contributed by atoms with van der Waals surface area (Å²) in [7, 11) is -3.67. The van der Waals surface area contributed by atoms with Crippen LogP contribution in [-0.2, 0) is 10.0 Å². The fourth-order valence-corrected chi connectivity index (χ4v) is 3.37. The summed E-state index contributed by atoms with van der Waals surface area (Å²) < 4.78 is 40.3. The van der Waals surface area contributed by atoms with Crippen LogP contribution in [-0.4, -0.2) is 19.4 Å². The maximum atomic E-state index is 13.4. The highest BCUT2D eigenvalue weighted by atomic mass is 32.2. The molecule has 0 aromatic heterocycles. The minimum Gasteiger partial charge on any atom is -0.389 e. The van der Waals surface area contributed by atoms with Crippen LogP contribution in [0, 0.1) is 11.2 Å². The lowest BCUT2D eigenvalue weighted by Gasteiger charge is -2.09. The first-order valence-corrected chi connectivity index (χ1v) is 7.64. The molecule has 1 saturated carbocycles. The second-order valence-electron chi connectivity index (χ2n) is 5.37. The molecular weight excluding hydrogens is 287 g/mol. The van der Waals surface area contributed by atoms with E-state index in [1.54, 1.807) is 0 Å². The number of hydrogen-bond donors (Lipinski definition) is 2. The van der Waals surface area contributed by atoms with Crippen LogP contribution in [0.25, 0.3) is 0 Å². The van der Waals surface area contributed by atoms with Crippen molar-refractivity contribution in [2.45, 2.75) is 31.2 Å². The zero-order chi connectivity index (χ0) is 14.4. The standard InChI is InChI=1S/C12H15FN2O2S2/c1-12(2)6-10(12)15-19(16,17)7-3-4-9(13)8(5-7)11(14)18/h3-5,10,15H,6H2,1-2H3,(H2,14,18). The molecule has 1 fully saturated rings. The molecule has 2 rings (SSSR count). The first-order chi connectivity index (χ1) is 8.63. The highest BCUT2D eigenvalue weighted by molar-refractivity contribution is 7.89. The Bertz CT molecular complexity index is 641. The van der Waals surface area contributed by atoms with E-state index in [-0.39, 0.29) is 26.9 Å². The molecule has 1 unspecified atom stereocenters. The normalized spacial score (nSPS) is 21.1. The predicted octanol–water partition coefficient (Wildman–Crippen LogP) is 1.54. The molecule has 3 N–H and O–H groups in total. The van der Waals surface area contributed by atoms with Crippen LogP contribution in [0.15, 0.2) is 23.1 Å². The van der Waals surface area contributed by atoms with Gasteiger partial charge < -0.3 is 5.73 Å². The van der Waals surface area contributed by atoms with Gasteiger partial charge in [0, 0.05) is 11.6 Å². The van der Waals surface area contributed by atoms with E-state index in [0.29, 0.717) is 0 Å². The summed E-state index contributed by atoms with van der Waals surface area (Å²) in [5.74, 6) is -0.627. The fourth-order valence-electron chi connectivity index (χ4n) is 1.78. The summed E-state index contributed by atoms with van der Waals surface area (Å²) in [5.41, 5.74) is 5.27. The van der Waals surface area contributed by atoms with Gasteiger partial charge in [0.2, 0.25) is 10.0 Å². The second-order valence-corrected chi connectivity index (χ2v) is 7.53. The van der Waals surface area contributed by atoms with Crippen molar-refractivity contribution < 1.29 is 12.8 Å². The number of thiocarbonyl (C=S) groups is 1. The number of sulfonamides is 1. The molecule has 7 heteroatoms. The highest BCUT2D eigenvalue weighted by Gasteiger charge is 2.47. The Kier molecular flexibility index (Phi) is 3.40. The molecule has 0 heterocycles. The van der Waals surface area contributed by atoms with Crippen LogP contribution in [0.5, 0.6) is 0 Å². The molecule has 104 valence electrons. The van der Waals surface area contributed by atoms with Crippen LogP contribution in [0.3, 0.4) is 0 Å². The molecule has 0 bridgehead atoms. The number of nitrogens with one attached hydrogen (secondary N) is 1. The van der Waals surface area contributed by atoms with Gasteiger partial charge in [-0.15, -0.1) is 0 Å². The van der Waals surface area contributed by atoms with Crippen molar-refractivity contribution in [2.24, 2.45) is 11.1 Å². The smallest absolute Gasteiger partial charge is 0.240 e. The first-order valence-electron chi connectivity index (χ1n) is 5.75. The molecule has 0 radical (unpaired) electrons. The summed E-state index contributed by atoms with van der Waals surface area (Å²) in [6.45, 7) is 3.95. The molecule has 0 spiro atoms. The maximum Gasteiger partial charge on any atom is 0.240 e. The Hall–Kier alpha value is -1.05. The van der Waals surface area contributed by atoms with Crippen molar-refractivity contribution in [3.8, 4) is 0 Å². The molecule has 0 saturated heterocycles. The van der Waals surface area contributed by atoms with E-state index in [2.05, 4.69) is 4.72 Å². The SMILES string of the molecule is CC1(C)CC1NS(=O)(=O)c1ccc(F)c(C(N)=S)c1. The van der Waals surface area contributed by atoms with Gasteiger partial charge in [-0.2, -0.15) is 0 Å². The summed E-state index contributed by atoms with van der Waals surface area (Å²) in [6.07, 6.45) is 0.787. The summed E-state index contributed by atoms with van der Waals surface area (Å²) >= 11 is 4.69. The number of nitrogens with two attached hydrogens (primary N) is 1. The van der Waals surface area contributed by atoms with Crippen molar-refractivity contribution in [1.29, 1.82) is 0 Å². The van der Waals surface area contributed by atoms with Crippen molar-refractivity contribution in [3.05, 3.63) is 29.6 Å². The zero-order valence-electron chi connectivity index (χ0n) is 10.6. The van der Waals surface area contributed by atoms with Crippen LogP contribution in [0.2, 0.25) is 0 Å². The van der Waals surface area contributed by atoms with Gasteiger partial charge >= 0.3 is 0 Å². The molecule has 19 heavy (non-hydrogen) atoms. The van der Waals surface area contributed by atoms with Gasteiger partial charge in [-0.3, -0.25) is 0 Å². The monoisotopic (exact) mass is 302 g/mol. The molecule has 0 aliphatic heterocycles. The Labute approximate surface area is 117 Å². The second kappa shape index (κ2) is 4.50. The highest BCUT2D eigenvalue weighted by Crippen LogP contribution is 2.45. The van der Waals surface area contributed by atoms with Gasteiger partial charge in [0.25, 0.3) is 0 Å². The molecule has 1 aromatic carbocycles. The van der Waals surface area contributed by atoms with E-state index in [1.165, 1.54) is 6.07 Å². The summed E-state index contributed by atoms with van der Waals surface area (Å²) in [5, 5.41) is 0. The fraction of sp³-hybridized carbons (Fsp3) is 0.417. The zero-order valence-corrected chi connectivity index (χ0v) is 12.2. The molecule has 1 atom stereocenters. The largest absolute Gasteiger partial charge is 0.389 e. The summed E-state index contributed by atoms with van der Waals surface area (Å²) in [6, 6.07) is 3.33. The van der Waals surface area contributed by atoms with Gasteiger partial charge in [0.15, 0.2) is 0 Å². The van der Waals surface area contributed by atoms with E-state index in [4.69, 9.17) is 18.0 Å². The topological polar surface area (TPSA) is 72.2 Å². The van der Waals surface area contributed by atoms with Crippen molar-refractivity contribution >= 4 is 27.2 Å². The maximum absolute atomic E-state index is 13.4. The minimum absolute atomic E-state index is 0.0283. The molecular formula is C12H15FN2O2S2. The van der Waals surface area contributed by atoms with Gasteiger partial charge in [0.05, 0.1) is 4.90 Å². The van der Waals surface area contributed by atoms with Crippen LogP contribution in [0.4, 0.5) is 4.39 Å². The van der Waals surface area contributed by atoms with Crippen LogP contribution >= 0.6 is 12.2 Å². The minimum atomic E-state index is -3.67. The van der Waals surface area contributed by atoms with E-state index in [0.717, 1.165) is 18.6 Å². The molecule has 0 amide bonds. The van der Waals surface area contributed by atoms with Crippen LogP contribution < -0.4 is 10.5 Å². The number of halogens is 1. The molecule has 1 aromatic rings. The van der Waals surface area contributed by atoms with Crippen LogP contribution in [0.1, 0.15) is 25.8 Å². The number of rotatable bonds is 4. The van der Waals surface area contributed by atoms with E-state index in [9.17, 15) is 12.8 Å². The third-order valence-corrected chi connectivity index (χ3v) is 5.01. The van der Waals surface area contributed by atoms with Gasteiger partial charge in [0.1, 0.15) is 10.8 Å². The van der Waals surface area contributed by atoms with E-state index >= 15 is 0 Å². The number of hydrogen-bond acceptors (Lipinski definition) is 3. The van der Waals surface area contributed by atoms with E-state index in [1.807, 2.05) is 13.8 Å². The molecule has 1 aliphatic carbocycles. The Morgan fingerprint density at radius 3 is 2.58 bits per heavy atom. The lowest BCUT2D eigenvalue weighted by molar-refractivity contribution is 0.554. The first kappa shape index (κ1) is 14.4. The summed E-state index contributed by atoms with van der Waals surface area (Å²) in [4.78, 5) is -0.194. The molecule has 4 nitrogen and oxygen atoms in total. The predicted molar refractivity (Wildman–Crippen MR) is 74.8 cm³/mol. The van der Waals surface area contributed by atoms with Gasteiger partial charge in [-0.05, 0) is 30.0 Å². The average Bonchev–Trinajstić information content (AvgIpc) is 2.84. The quantitative estimate of drug-likeness (QED) is 0.828. The van der Waals surface area contributed by atoms with Crippen molar-refractivity contribution in [1.82, 2.24) is 4.72 Å². The average molecular weight is 302 g/mol. The van der Waals surface area contributed by atoms with Crippen molar-refractivity contribution in [2.75, 3.05) is 0 Å². The van der Waals surface area contributed by atoms with Gasteiger partial charge in [-0.25, -0.2) is 17.5 Å². The third-order valence-electron chi connectivity index (χ3n) is 3.32. The Morgan fingerprint density at radius 1 is 1.53 bits per heavy atom. The lowest BCUT2D eigenvalue weighted by atomic mass is 10.2. The molecule has 1 aliphatic rings.